The summed E-state index contributed by atoms with van der Waals surface area (Å²) < 4.78 is 0.771. The van der Waals surface area contributed by atoms with Gasteiger partial charge in [-0.05, 0) is 37.9 Å². The topological polar surface area (TPSA) is 35.6 Å². The number of nitrogens with one attached hydrogen (secondary N) is 1. The number of urea groups is 1. The lowest BCUT2D eigenvalue weighted by Crippen LogP contribution is -2.49. The lowest BCUT2D eigenvalue weighted by molar-refractivity contribution is 0.170. The van der Waals surface area contributed by atoms with Crippen LogP contribution in [0, 0.1) is 0 Å². The first-order valence-electron chi connectivity index (χ1n) is 7.63. The second-order valence-electron chi connectivity index (χ2n) is 6.01. The molecule has 21 heavy (non-hydrogen) atoms. The molecule has 0 aromatic carbocycles. The summed E-state index contributed by atoms with van der Waals surface area (Å²) in [5.41, 5.74) is 0. The molecular formula is C15H22ClN3OS. The maximum atomic E-state index is 12.4. The highest BCUT2D eigenvalue weighted by atomic mass is 35.5. The van der Waals surface area contributed by atoms with Crippen molar-refractivity contribution in [2.45, 2.75) is 44.3 Å². The van der Waals surface area contributed by atoms with Gasteiger partial charge in [-0.2, -0.15) is 0 Å². The minimum Gasteiger partial charge on any atom is -0.334 e. The summed E-state index contributed by atoms with van der Waals surface area (Å²) in [5.74, 6) is 0. The fraction of sp³-hybridized carbons (Fsp3) is 0.667. The number of halogens is 1. The van der Waals surface area contributed by atoms with Gasteiger partial charge in [0.1, 0.15) is 0 Å². The molecule has 4 nitrogen and oxygen atoms in total. The first kappa shape index (κ1) is 15.1. The second kappa shape index (κ2) is 6.55. The average Bonchev–Trinajstić information content (AvgIpc) is 3.06. The number of hydrogen-bond acceptors (Lipinski definition) is 3. The van der Waals surface area contributed by atoms with Crippen LogP contribution in [0.3, 0.4) is 0 Å². The predicted molar refractivity (Wildman–Crippen MR) is 86.9 cm³/mol. The Morgan fingerprint density at radius 1 is 1.43 bits per heavy atom. The van der Waals surface area contributed by atoms with E-state index in [0.717, 1.165) is 22.2 Å². The van der Waals surface area contributed by atoms with Crippen molar-refractivity contribution in [3.63, 3.8) is 0 Å². The van der Waals surface area contributed by atoms with Crippen LogP contribution in [-0.4, -0.2) is 48.1 Å². The van der Waals surface area contributed by atoms with Crippen LogP contribution in [-0.2, 0) is 6.54 Å². The van der Waals surface area contributed by atoms with Gasteiger partial charge in [0.2, 0.25) is 0 Å². The molecule has 0 saturated carbocycles. The Hall–Kier alpha value is -0.780. The minimum atomic E-state index is 0.0249. The second-order valence-corrected chi connectivity index (χ2v) is 7.81. The van der Waals surface area contributed by atoms with Crippen molar-refractivity contribution < 1.29 is 4.79 Å². The van der Waals surface area contributed by atoms with Crippen molar-refractivity contribution in [2.75, 3.05) is 20.1 Å². The van der Waals surface area contributed by atoms with E-state index in [1.807, 2.05) is 19.2 Å². The van der Waals surface area contributed by atoms with Gasteiger partial charge < -0.3 is 10.2 Å². The third kappa shape index (κ3) is 3.52. The number of carbonyl (C=O) groups is 1. The smallest absolute Gasteiger partial charge is 0.317 e. The van der Waals surface area contributed by atoms with E-state index in [0.29, 0.717) is 18.6 Å². The molecule has 0 spiro atoms. The van der Waals surface area contributed by atoms with Crippen LogP contribution in [0.5, 0.6) is 0 Å². The molecule has 3 rings (SSSR count). The molecule has 2 fully saturated rings. The predicted octanol–water partition coefficient (Wildman–Crippen LogP) is 3.17. The molecule has 1 N–H and O–H groups in total. The van der Waals surface area contributed by atoms with Crippen LogP contribution in [0.4, 0.5) is 4.79 Å². The van der Waals surface area contributed by atoms with Crippen molar-refractivity contribution in [3.05, 3.63) is 21.3 Å². The van der Waals surface area contributed by atoms with E-state index in [-0.39, 0.29) is 6.03 Å². The number of hydrogen-bond donors (Lipinski definition) is 1. The van der Waals surface area contributed by atoms with E-state index >= 15 is 0 Å². The molecule has 0 unspecified atom stereocenters. The molecular weight excluding hydrogens is 306 g/mol. The number of piperidine rings is 1. The monoisotopic (exact) mass is 327 g/mol. The van der Waals surface area contributed by atoms with Gasteiger partial charge in [-0.3, -0.25) is 4.90 Å². The normalized spacial score (nSPS) is 25.6. The van der Waals surface area contributed by atoms with Crippen molar-refractivity contribution in [1.82, 2.24) is 15.1 Å². The van der Waals surface area contributed by atoms with E-state index in [9.17, 15) is 4.79 Å². The van der Waals surface area contributed by atoms with E-state index in [1.54, 1.807) is 4.90 Å². The highest BCUT2D eigenvalue weighted by Gasteiger charge is 2.36. The Kier molecular flexibility index (Phi) is 4.72. The summed E-state index contributed by atoms with van der Waals surface area (Å²) in [4.78, 5) is 17.7. The zero-order valence-corrected chi connectivity index (χ0v) is 13.9. The molecule has 1 aromatic heterocycles. The van der Waals surface area contributed by atoms with E-state index in [4.69, 9.17) is 11.6 Å². The van der Waals surface area contributed by atoms with Gasteiger partial charge in [-0.15, -0.1) is 11.3 Å². The summed E-state index contributed by atoms with van der Waals surface area (Å²) in [7, 11) is 1.84. The van der Waals surface area contributed by atoms with Crippen molar-refractivity contribution in [2.24, 2.45) is 0 Å². The summed E-state index contributed by atoms with van der Waals surface area (Å²) in [6, 6.07) is 4.75. The fourth-order valence-corrected chi connectivity index (χ4v) is 4.57. The molecule has 0 aliphatic carbocycles. The van der Waals surface area contributed by atoms with Crippen molar-refractivity contribution >= 4 is 29.0 Å². The van der Waals surface area contributed by atoms with Crippen molar-refractivity contribution in [3.8, 4) is 0 Å². The van der Waals surface area contributed by atoms with Gasteiger partial charge in [0.05, 0.1) is 10.9 Å². The van der Waals surface area contributed by atoms with E-state index < -0.39 is 0 Å². The SMILES string of the molecule is CN(Cc1ccc(Cl)s1)C(=O)N[C@@H]1CCN2CCCC[C@H]12. The summed E-state index contributed by atoms with van der Waals surface area (Å²) >= 11 is 7.46. The van der Waals surface area contributed by atoms with Gasteiger partial charge in [0.25, 0.3) is 0 Å². The quantitative estimate of drug-likeness (QED) is 0.925. The summed E-state index contributed by atoms with van der Waals surface area (Å²) in [6.07, 6.45) is 4.89. The molecule has 6 heteroatoms. The third-order valence-corrected chi connectivity index (χ3v) is 5.75. The zero-order valence-electron chi connectivity index (χ0n) is 12.3. The Labute approximate surface area is 135 Å². The Morgan fingerprint density at radius 3 is 3.05 bits per heavy atom. The minimum absolute atomic E-state index is 0.0249. The van der Waals surface area contributed by atoms with Crippen LogP contribution in [0.2, 0.25) is 4.34 Å². The Balaban J connectivity index is 1.53. The highest BCUT2D eigenvalue weighted by molar-refractivity contribution is 7.16. The first-order valence-corrected chi connectivity index (χ1v) is 8.83. The summed E-state index contributed by atoms with van der Waals surface area (Å²) in [6.45, 7) is 2.94. The molecule has 1 aromatic rings. The number of thiophene rings is 1. The Bertz CT molecular complexity index is 507. The lowest BCUT2D eigenvalue weighted by atomic mass is 9.99. The van der Waals surface area contributed by atoms with Gasteiger partial charge in [0, 0.05) is 30.6 Å². The highest BCUT2D eigenvalue weighted by Crippen LogP contribution is 2.27. The van der Waals surface area contributed by atoms with Crippen LogP contribution >= 0.6 is 22.9 Å². The van der Waals surface area contributed by atoms with Crippen LogP contribution < -0.4 is 5.32 Å². The number of amides is 2. The molecule has 2 amide bonds. The standard InChI is InChI=1S/C15H22ClN3OS/c1-18(10-11-5-6-14(16)21-11)15(20)17-12-7-9-19-8-3-2-4-13(12)19/h5-6,12-13H,2-4,7-10H2,1H3,(H,17,20)/t12-,13-/m1/s1. The molecule has 2 aliphatic rings. The zero-order chi connectivity index (χ0) is 14.8. The maximum Gasteiger partial charge on any atom is 0.317 e. The van der Waals surface area contributed by atoms with E-state index in [2.05, 4.69) is 10.2 Å². The third-order valence-electron chi connectivity index (χ3n) is 4.53. The Morgan fingerprint density at radius 2 is 2.29 bits per heavy atom. The average molecular weight is 328 g/mol. The van der Waals surface area contributed by atoms with E-state index in [1.165, 1.54) is 37.1 Å². The molecule has 0 radical (unpaired) electrons. The van der Waals surface area contributed by atoms with Crippen LogP contribution in [0.25, 0.3) is 0 Å². The molecule has 3 heterocycles. The molecule has 0 bridgehead atoms. The number of fused-ring (bicyclic) bond motifs is 1. The molecule has 2 atom stereocenters. The van der Waals surface area contributed by atoms with Crippen LogP contribution in [0.1, 0.15) is 30.6 Å². The number of carbonyl (C=O) groups excluding carboxylic acids is 1. The molecule has 116 valence electrons. The summed E-state index contributed by atoms with van der Waals surface area (Å²) in [5, 5.41) is 3.22. The van der Waals surface area contributed by atoms with Gasteiger partial charge in [0.15, 0.2) is 0 Å². The van der Waals surface area contributed by atoms with Crippen molar-refractivity contribution in [1.29, 1.82) is 0 Å². The molecule has 2 saturated heterocycles. The number of rotatable bonds is 3. The fourth-order valence-electron chi connectivity index (χ4n) is 3.43. The van der Waals surface area contributed by atoms with Crippen LogP contribution in [0.15, 0.2) is 12.1 Å². The lowest BCUT2D eigenvalue weighted by Gasteiger charge is -2.33. The van der Waals surface area contributed by atoms with Gasteiger partial charge in [-0.1, -0.05) is 18.0 Å². The van der Waals surface area contributed by atoms with Gasteiger partial charge in [-0.25, -0.2) is 4.79 Å². The maximum absolute atomic E-state index is 12.4. The largest absolute Gasteiger partial charge is 0.334 e. The van der Waals surface area contributed by atoms with Gasteiger partial charge >= 0.3 is 6.03 Å². The molecule has 2 aliphatic heterocycles. The first-order chi connectivity index (χ1) is 10.1. The number of nitrogens with zero attached hydrogens (tertiary/aromatic N) is 2.